The highest BCUT2D eigenvalue weighted by atomic mass is 32.1. The van der Waals surface area contributed by atoms with E-state index in [4.69, 9.17) is 0 Å². The molecule has 0 aliphatic rings. The van der Waals surface area contributed by atoms with E-state index in [0.717, 1.165) is 15.9 Å². The molecular formula is C10H8N4O2S. The van der Waals surface area contributed by atoms with Crippen molar-refractivity contribution in [1.29, 1.82) is 0 Å². The lowest BCUT2D eigenvalue weighted by atomic mass is 10.2. The third-order valence-electron chi connectivity index (χ3n) is 2.52. The van der Waals surface area contributed by atoms with E-state index in [-0.39, 0.29) is 5.56 Å². The summed E-state index contributed by atoms with van der Waals surface area (Å²) in [5.41, 5.74) is 0.391. The zero-order valence-corrected chi connectivity index (χ0v) is 9.94. The minimum Gasteiger partial charge on any atom is -0.305 e. The predicted molar refractivity (Wildman–Crippen MR) is 65.6 cm³/mol. The molecule has 0 unspecified atom stereocenters. The maximum atomic E-state index is 11.7. The fraction of sp³-hybridized carbons (Fsp3) is 0.200. The van der Waals surface area contributed by atoms with Crippen LogP contribution in [-0.2, 0) is 0 Å². The van der Waals surface area contributed by atoms with Crippen LogP contribution < -0.4 is 11.2 Å². The number of aromatic nitrogens is 4. The van der Waals surface area contributed by atoms with Crippen molar-refractivity contribution in [2.45, 2.75) is 13.8 Å². The quantitative estimate of drug-likeness (QED) is 0.616. The molecule has 0 saturated heterocycles. The van der Waals surface area contributed by atoms with Gasteiger partial charge in [-0.25, -0.2) is 14.8 Å². The van der Waals surface area contributed by atoms with Gasteiger partial charge in [0.2, 0.25) is 0 Å². The number of nitrogens with one attached hydrogen (secondary N) is 2. The van der Waals surface area contributed by atoms with Crippen molar-refractivity contribution in [3.05, 3.63) is 32.4 Å². The van der Waals surface area contributed by atoms with E-state index in [1.807, 2.05) is 6.92 Å². The number of thiophene rings is 1. The summed E-state index contributed by atoms with van der Waals surface area (Å²) in [6.45, 7) is 3.63. The Bertz CT molecular complexity index is 858. The largest absolute Gasteiger partial charge is 0.326 e. The summed E-state index contributed by atoms with van der Waals surface area (Å²) < 4.78 is 0.475. The molecule has 0 bridgehead atoms. The van der Waals surface area contributed by atoms with Crippen LogP contribution in [0.4, 0.5) is 0 Å². The maximum absolute atomic E-state index is 11.7. The second-order valence-corrected chi connectivity index (χ2v) is 4.75. The van der Waals surface area contributed by atoms with Crippen LogP contribution in [0.3, 0.4) is 0 Å². The lowest BCUT2D eigenvalue weighted by Crippen LogP contribution is -2.20. The van der Waals surface area contributed by atoms with E-state index in [0.29, 0.717) is 16.0 Å². The minimum atomic E-state index is -0.512. The van der Waals surface area contributed by atoms with Crippen molar-refractivity contribution >= 4 is 31.8 Å². The molecule has 2 N–H and O–H groups in total. The summed E-state index contributed by atoms with van der Waals surface area (Å²) in [7, 11) is 0. The van der Waals surface area contributed by atoms with Gasteiger partial charge in [-0.05, 0) is 13.8 Å². The number of aromatic amines is 2. The number of H-pyrrole nitrogens is 2. The van der Waals surface area contributed by atoms with Gasteiger partial charge in [0.05, 0.1) is 16.6 Å². The van der Waals surface area contributed by atoms with Crippen LogP contribution in [0.25, 0.3) is 20.4 Å². The number of hydrogen-bond donors (Lipinski definition) is 2. The van der Waals surface area contributed by atoms with Gasteiger partial charge in [0.15, 0.2) is 0 Å². The van der Waals surface area contributed by atoms with E-state index in [9.17, 15) is 9.59 Å². The summed E-state index contributed by atoms with van der Waals surface area (Å²) >= 11 is 1.26. The highest BCUT2D eigenvalue weighted by molar-refractivity contribution is 7.25. The van der Waals surface area contributed by atoms with Crippen LogP contribution in [0, 0.1) is 13.8 Å². The molecule has 3 aromatic rings. The lowest BCUT2D eigenvalue weighted by Gasteiger charge is -1.97. The third kappa shape index (κ3) is 1.39. The summed E-state index contributed by atoms with van der Waals surface area (Å²) in [5, 5.41) is 0.749. The Morgan fingerprint density at radius 1 is 1.12 bits per heavy atom. The van der Waals surface area contributed by atoms with E-state index in [2.05, 4.69) is 19.9 Å². The Balaban J connectivity index is 2.70. The van der Waals surface area contributed by atoms with Gasteiger partial charge in [-0.3, -0.25) is 9.78 Å². The highest BCUT2D eigenvalue weighted by Gasteiger charge is 2.13. The van der Waals surface area contributed by atoms with Gasteiger partial charge in [0.25, 0.3) is 5.56 Å². The van der Waals surface area contributed by atoms with E-state index in [1.165, 1.54) is 11.3 Å². The second-order valence-electron chi connectivity index (χ2n) is 3.75. The molecule has 0 radical (unpaired) electrons. The van der Waals surface area contributed by atoms with Crippen LogP contribution in [0.5, 0.6) is 0 Å². The van der Waals surface area contributed by atoms with Gasteiger partial charge < -0.3 is 4.98 Å². The first-order valence-corrected chi connectivity index (χ1v) is 5.78. The molecule has 17 heavy (non-hydrogen) atoms. The first-order valence-electron chi connectivity index (χ1n) is 4.96. The van der Waals surface area contributed by atoms with Crippen LogP contribution in [0.15, 0.2) is 9.59 Å². The highest BCUT2D eigenvalue weighted by Crippen LogP contribution is 2.29. The number of fused-ring (bicyclic) bond motifs is 3. The van der Waals surface area contributed by atoms with Gasteiger partial charge in [0.1, 0.15) is 15.4 Å². The molecule has 0 amide bonds. The molecule has 0 aliphatic carbocycles. The van der Waals surface area contributed by atoms with E-state index in [1.54, 1.807) is 6.92 Å². The zero-order chi connectivity index (χ0) is 12.2. The summed E-state index contributed by atoms with van der Waals surface area (Å²) in [6.07, 6.45) is 0. The Kier molecular flexibility index (Phi) is 1.93. The van der Waals surface area contributed by atoms with Crippen LogP contribution in [0.2, 0.25) is 0 Å². The van der Waals surface area contributed by atoms with Gasteiger partial charge in [-0.2, -0.15) is 0 Å². The van der Waals surface area contributed by atoms with E-state index >= 15 is 0 Å². The topological polar surface area (TPSA) is 91.5 Å². The number of hydrogen-bond acceptors (Lipinski definition) is 5. The van der Waals surface area contributed by atoms with Gasteiger partial charge >= 0.3 is 5.69 Å². The Labute approximate surface area is 98.4 Å². The molecule has 7 heteroatoms. The first-order chi connectivity index (χ1) is 8.06. The SMILES string of the molecule is Cc1nc(C)c2c(n1)sc1c(=O)[nH]c(=O)[nH]c12. The van der Waals surface area contributed by atoms with Gasteiger partial charge in [0, 0.05) is 0 Å². The summed E-state index contributed by atoms with van der Waals surface area (Å²) in [6, 6.07) is 0. The molecular weight excluding hydrogens is 240 g/mol. The Morgan fingerprint density at radius 3 is 2.65 bits per heavy atom. The van der Waals surface area contributed by atoms with Crippen LogP contribution in [0.1, 0.15) is 11.5 Å². The van der Waals surface area contributed by atoms with Crippen LogP contribution in [-0.4, -0.2) is 19.9 Å². The van der Waals surface area contributed by atoms with E-state index < -0.39 is 5.69 Å². The summed E-state index contributed by atoms with van der Waals surface area (Å²) in [5.74, 6) is 0.653. The van der Waals surface area contributed by atoms with Gasteiger partial charge in [-0.1, -0.05) is 0 Å². The monoisotopic (exact) mass is 248 g/mol. The molecule has 3 heterocycles. The molecule has 3 rings (SSSR count). The van der Waals surface area contributed by atoms with Gasteiger partial charge in [-0.15, -0.1) is 11.3 Å². The normalized spacial score (nSPS) is 11.4. The van der Waals surface area contributed by atoms with Crippen molar-refractivity contribution in [3.8, 4) is 0 Å². The van der Waals surface area contributed by atoms with Crippen molar-refractivity contribution in [2.75, 3.05) is 0 Å². The standard InChI is InChI=1S/C10H8N4O2S/c1-3-5-6-7(8(15)14-10(16)13-6)17-9(5)12-4(2)11-3/h1-2H3,(H2,13,14,15,16). The number of nitrogens with zero attached hydrogens (tertiary/aromatic N) is 2. The molecule has 0 spiro atoms. The Morgan fingerprint density at radius 2 is 1.88 bits per heavy atom. The number of aryl methyl sites for hydroxylation is 2. The van der Waals surface area contributed by atoms with Crippen molar-refractivity contribution in [2.24, 2.45) is 0 Å². The van der Waals surface area contributed by atoms with Crippen molar-refractivity contribution in [1.82, 2.24) is 19.9 Å². The molecule has 0 saturated carbocycles. The average Bonchev–Trinajstić information content (AvgIpc) is 2.56. The molecule has 6 nitrogen and oxygen atoms in total. The molecule has 86 valence electrons. The predicted octanol–water partition coefficient (Wildman–Crippen LogP) is 0.838. The molecule has 0 atom stereocenters. The smallest absolute Gasteiger partial charge is 0.305 e. The zero-order valence-electron chi connectivity index (χ0n) is 9.12. The minimum absolute atomic E-state index is 0.385. The average molecular weight is 248 g/mol. The van der Waals surface area contributed by atoms with Crippen molar-refractivity contribution < 1.29 is 0 Å². The fourth-order valence-electron chi connectivity index (χ4n) is 1.89. The third-order valence-corrected chi connectivity index (χ3v) is 3.60. The maximum Gasteiger partial charge on any atom is 0.326 e. The van der Waals surface area contributed by atoms with Crippen molar-refractivity contribution in [3.63, 3.8) is 0 Å². The molecule has 0 aliphatic heterocycles. The molecule has 0 fully saturated rings. The second kappa shape index (κ2) is 3.24. The lowest BCUT2D eigenvalue weighted by molar-refractivity contribution is 1.05. The molecule has 3 aromatic heterocycles. The number of rotatable bonds is 0. The van der Waals surface area contributed by atoms with Crippen LogP contribution >= 0.6 is 11.3 Å². The molecule has 0 aromatic carbocycles. The summed E-state index contributed by atoms with van der Waals surface area (Å²) in [4.78, 5) is 37.0. The fourth-order valence-corrected chi connectivity index (χ4v) is 3.01. The first kappa shape index (κ1) is 10.2. The Hall–Kier alpha value is -2.02.